The van der Waals surface area contributed by atoms with Gasteiger partial charge in [-0.05, 0) is 76.0 Å². The lowest BCUT2D eigenvalue weighted by Crippen LogP contribution is -2.21. The smallest absolute Gasteiger partial charge is 0.183 e. The van der Waals surface area contributed by atoms with E-state index in [0.717, 1.165) is 33.7 Å². The van der Waals surface area contributed by atoms with Gasteiger partial charge in [-0.2, -0.15) is 0 Å². The minimum Gasteiger partial charge on any atom is -0.451 e. The van der Waals surface area contributed by atoms with Crippen LogP contribution in [0.25, 0.3) is 0 Å². The first-order valence-corrected chi connectivity index (χ1v) is 8.25. The molecule has 0 bridgehead atoms. The summed E-state index contributed by atoms with van der Waals surface area (Å²) in [5.41, 5.74) is 2.34. The van der Waals surface area contributed by atoms with E-state index < -0.39 is 0 Å². The van der Waals surface area contributed by atoms with Gasteiger partial charge in [0, 0.05) is 24.5 Å². The zero-order valence-electron chi connectivity index (χ0n) is 11.6. The zero-order chi connectivity index (χ0) is 14.5. The number of halogens is 2. The van der Waals surface area contributed by atoms with E-state index in [1.807, 2.05) is 6.07 Å². The summed E-state index contributed by atoms with van der Waals surface area (Å²) in [6.07, 6.45) is 0. The van der Waals surface area contributed by atoms with E-state index in [2.05, 4.69) is 80.2 Å². The summed E-state index contributed by atoms with van der Waals surface area (Å²) < 4.78 is 7.20. The normalized spacial score (nSPS) is 10.6. The van der Waals surface area contributed by atoms with Crippen LogP contribution in [0.4, 0.5) is 11.4 Å². The Morgan fingerprint density at radius 3 is 2.25 bits per heavy atom. The van der Waals surface area contributed by atoms with Crippen molar-refractivity contribution in [1.82, 2.24) is 0 Å². The fourth-order valence-corrected chi connectivity index (χ4v) is 2.71. The van der Waals surface area contributed by atoms with Gasteiger partial charge in [0.1, 0.15) is 5.76 Å². The molecule has 0 aliphatic heterocycles. The molecule has 1 aromatic heterocycles. The van der Waals surface area contributed by atoms with Gasteiger partial charge in [-0.3, -0.25) is 0 Å². The average Bonchev–Trinajstić information content (AvgIpc) is 2.78. The third-order valence-electron chi connectivity index (χ3n) is 3.16. The molecule has 5 heteroatoms. The lowest BCUT2D eigenvalue weighted by molar-refractivity contribution is 0.494. The summed E-state index contributed by atoms with van der Waals surface area (Å²) in [7, 11) is 0. The van der Waals surface area contributed by atoms with Gasteiger partial charge >= 0.3 is 0 Å². The van der Waals surface area contributed by atoms with Crippen molar-refractivity contribution >= 4 is 43.2 Å². The second-order valence-corrected chi connectivity index (χ2v) is 5.98. The van der Waals surface area contributed by atoms with E-state index in [-0.39, 0.29) is 0 Å². The van der Waals surface area contributed by atoms with Crippen molar-refractivity contribution in [1.29, 1.82) is 0 Å². The molecule has 0 aliphatic carbocycles. The van der Waals surface area contributed by atoms with Crippen LogP contribution < -0.4 is 10.2 Å². The van der Waals surface area contributed by atoms with Crippen molar-refractivity contribution in [3.8, 4) is 0 Å². The monoisotopic (exact) mass is 400 g/mol. The van der Waals surface area contributed by atoms with Crippen LogP contribution in [0.1, 0.15) is 19.6 Å². The second kappa shape index (κ2) is 7.18. The van der Waals surface area contributed by atoms with Crippen molar-refractivity contribution in [2.75, 3.05) is 23.3 Å². The molecule has 2 rings (SSSR count). The van der Waals surface area contributed by atoms with Crippen LogP contribution in [0, 0.1) is 0 Å². The highest BCUT2D eigenvalue weighted by atomic mass is 79.9. The van der Waals surface area contributed by atoms with Crippen molar-refractivity contribution in [2.45, 2.75) is 20.4 Å². The zero-order valence-corrected chi connectivity index (χ0v) is 14.8. The van der Waals surface area contributed by atoms with Crippen LogP contribution in [-0.4, -0.2) is 13.1 Å². The first-order valence-electron chi connectivity index (χ1n) is 6.66. The van der Waals surface area contributed by atoms with E-state index in [0.29, 0.717) is 6.54 Å². The number of hydrogen-bond donors (Lipinski definition) is 1. The molecule has 0 atom stereocenters. The molecule has 1 heterocycles. The molecule has 0 saturated heterocycles. The number of hydrogen-bond acceptors (Lipinski definition) is 3. The predicted octanol–water partition coefficient (Wildman–Crippen LogP) is 5.26. The van der Waals surface area contributed by atoms with Gasteiger partial charge in [-0.15, -0.1) is 0 Å². The summed E-state index contributed by atoms with van der Waals surface area (Å²) in [4.78, 5) is 2.32. The summed E-state index contributed by atoms with van der Waals surface area (Å²) >= 11 is 6.75. The van der Waals surface area contributed by atoms with Gasteiger partial charge in [0.25, 0.3) is 0 Å². The van der Waals surface area contributed by atoms with Gasteiger partial charge in [0.05, 0.1) is 11.0 Å². The minimum absolute atomic E-state index is 0.662. The molecule has 0 saturated carbocycles. The fraction of sp³-hybridized carbons (Fsp3) is 0.333. The van der Waals surface area contributed by atoms with Gasteiger partial charge in [0.2, 0.25) is 0 Å². The van der Waals surface area contributed by atoms with E-state index in [4.69, 9.17) is 4.42 Å². The van der Waals surface area contributed by atoms with Crippen LogP contribution in [0.15, 0.2) is 43.9 Å². The topological polar surface area (TPSA) is 28.4 Å². The Bertz CT molecular complexity index is 528. The van der Waals surface area contributed by atoms with Crippen molar-refractivity contribution in [2.24, 2.45) is 0 Å². The number of rotatable bonds is 6. The van der Waals surface area contributed by atoms with E-state index in [1.54, 1.807) is 0 Å². The Hall–Kier alpha value is -0.940. The number of nitrogens with zero attached hydrogens (tertiary/aromatic N) is 1. The summed E-state index contributed by atoms with van der Waals surface area (Å²) in [5.74, 6) is 0.886. The lowest BCUT2D eigenvalue weighted by atomic mass is 10.2. The SMILES string of the molecule is CCN(CC)c1ccc(NCc2cc(Br)c(Br)o2)cc1. The summed E-state index contributed by atoms with van der Waals surface area (Å²) in [5, 5.41) is 3.35. The number of anilines is 2. The molecule has 0 fully saturated rings. The Labute approximate surface area is 136 Å². The maximum atomic E-state index is 5.53. The van der Waals surface area contributed by atoms with E-state index in [1.165, 1.54) is 5.69 Å². The minimum atomic E-state index is 0.662. The molecule has 3 nitrogen and oxygen atoms in total. The molecule has 0 unspecified atom stereocenters. The molecular weight excluding hydrogens is 384 g/mol. The quantitative estimate of drug-likeness (QED) is 0.715. The molecule has 108 valence electrons. The highest BCUT2D eigenvalue weighted by molar-refractivity contribution is 9.13. The third-order valence-corrected chi connectivity index (χ3v) is 4.87. The highest BCUT2D eigenvalue weighted by Gasteiger charge is 2.06. The molecule has 0 aliphatic rings. The summed E-state index contributed by atoms with van der Waals surface area (Å²) in [6, 6.07) is 10.4. The van der Waals surface area contributed by atoms with Crippen LogP contribution in [0.3, 0.4) is 0 Å². The molecule has 2 aromatic rings. The van der Waals surface area contributed by atoms with Crippen LogP contribution in [-0.2, 0) is 6.54 Å². The Balaban J connectivity index is 1.97. The lowest BCUT2D eigenvalue weighted by Gasteiger charge is -2.21. The molecule has 1 aromatic carbocycles. The predicted molar refractivity (Wildman–Crippen MR) is 91.4 cm³/mol. The van der Waals surface area contributed by atoms with Gasteiger partial charge < -0.3 is 14.6 Å². The molecule has 20 heavy (non-hydrogen) atoms. The molecule has 1 N–H and O–H groups in total. The van der Waals surface area contributed by atoms with E-state index >= 15 is 0 Å². The van der Waals surface area contributed by atoms with Crippen LogP contribution in [0.2, 0.25) is 0 Å². The molecular formula is C15H18Br2N2O. The average molecular weight is 402 g/mol. The highest BCUT2D eigenvalue weighted by Crippen LogP contribution is 2.27. The molecule has 0 amide bonds. The first-order chi connectivity index (χ1) is 9.63. The first kappa shape index (κ1) is 15.4. The Morgan fingerprint density at radius 1 is 1.10 bits per heavy atom. The molecule has 0 radical (unpaired) electrons. The Morgan fingerprint density at radius 2 is 1.75 bits per heavy atom. The summed E-state index contributed by atoms with van der Waals surface area (Å²) in [6.45, 7) is 7.05. The Kier molecular flexibility index (Phi) is 5.54. The standard InChI is InChI=1S/C15H18Br2N2O/c1-3-19(4-2)12-7-5-11(6-8-12)18-10-13-9-14(16)15(17)20-13/h5-9,18H,3-4,10H2,1-2H3. The second-order valence-electron chi connectivity index (χ2n) is 4.41. The molecule has 0 spiro atoms. The maximum absolute atomic E-state index is 5.53. The number of furan rings is 1. The van der Waals surface area contributed by atoms with Crippen molar-refractivity contribution in [3.05, 3.63) is 45.2 Å². The third kappa shape index (κ3) is 3.79. The number of benzene rings is 1. The van der Waals surface area contributed by atoms with E-state index in [9.17, 15) is 0 Å². The van der Waals surface area contributed by atoms with Gasteiger partial charge in [0.15, 0.2) is 4.67 Å². The van der Waals surface area contributed by atoms with Crippen molar-refractivity contribution in [3.63, 3.8) is 0 Å². The fourth-order valence-electron chi connectivity index (χ4n) is 2.05. The number of nitrogens with one attached hydrogen (secondary N) is 1. The van der Waals surface area contributed by atoms with Gasteiger partial charge in [-0.1, -0.05) is 0 Å². The van der Waals surface area contributed by atoms with Crippen LogP contribution in [0.5, 0.6) is 0 Å². The largest absolute Gasteiger partial charge is 0.451 e. The maximum Gasteiger partial charge on any atom is 0.183 e. The van der Waals surface area contributed by atoms with Crippen molar-refractivity contribution < 1.29 is 4.42 Å². The van der Waals surface area contributed by atoms with Crippen LogP contribution >= 0.6 is 31.9 Å². The van der Waals surface area contributed by atoms with Gasteiger partial charge in [-0.25, -0.2) is 0 Å².